The molecule has 26 heavy (non-hydrogen) atoms. The number of hydrogen-bond donors (Lipinski definition) is 2. The molecule has 0 fully saturated rings. The molecule has 10 heteroatoms. The fourth-order valence-electron chi connectivity index (χ4n) is 2.03. The zero-order valence-corrected chi connectivity index (χ0v) is 15.1. The number of nitrogens with one attached hydrogen (secondary N) is 2. The molecule has 0 heterocycles. The van der Waals surface area contributed by atoms with Crippen LogP contribution in [-0.4, -0.2) is 27.5 Å². The smallest absolute Gasteiger partial charge is 0.387 e. The summed E-state index contributed by atoms with van der Waals surface area (Å²) in [5, 5.41) is 2.44. The lowest BCUT2D eigenvalue weighted by Crippen LogP contribution is -2.23. The van der Waals surface area contributed by atoms with Crippen molar-refractivity contribution in [1.82, 2.24) is 4.72 Å². The Bertz CT molecular complexity index is 890. The highest BCUT2D eigenvalue weighted by molar-refractivity contribution is 7.89. The van der Waals surface area contributed by atoms with Gasteiger partial charge in [-0.1, -0.05) is 18.5 Å². The van der Waals surface area contributed by atoms with E-state index < -0.39 is 22.5 Å². The van der Waals surface area contributed by atoms with E-state index in [0.29, 0.717) is 0 Å². The Labute approximate surface area is 154 Å². The molecule has 1 amide bonds. The first kappa shape index (κ1) is 20.1. The van der Waals surface area contributed by atoms with Crippen LogP contribution >= 0.6 is 11.6 Å². The van der Waals surface area contributed by atoms with Gasteiger partial charge in [0.1, 0.15) is 5.75 Å². The molecule has 2 N–H and O–H groups in total. The van der Waals surface area contributed by atoms with E-state index in [-0.39, 0.29) is 33.5 Å². The fraction of sp³-hybridized carbons (Fsp3) is 0.188. The number of sulfonamides is 1. The van der Waals surface area contributed by atoms with E-state index in [1.807, 2.05) is 0 Å². The number of ether oxygens (including phenoxy) is 1. The second kappa shape index (κ2) is 8.43. The van der Waals surface area contributed by atoms with Gasteiger partial charge >= 0.3 is 6.61 Å². The molecule has 0 aliphatic carbocycles. The zero-order chi connectivity index (χ0) is 19.3. The molecule has 2 rings (SSSR count). The lowest BCUT2D eigenvalue weighted by atomic mass is 10.2. The fourth-order valence-corrected chi connectivity index (χ4v) is 3.30. The number of halogens is 3. The number of hydrogen-bond acceptors (Lipinski definition) is 4. The Morgan fingerprint density at radius 3 is 2.38 bits per heavy atom. The van der Waals surface area contributed by atoms with Crippen molar-refractivity contribution < 1.29 is 26.7 Å². The van der Waals surface area contributed by atoms with Gasteiger partial charge in [0, 0.05) is 17.8 Å². The maximum Gasteiger partial charge on any atom is 0.387 e. The second-order valence-corrected chi connectivity index (χ2v) is 7.18. The van der Waals surface area contributed by atoms with Crippen LogP contribution in [0.1, 0.15) is 17.3 Å². The summed E-state index contributed by atoms with van der Waals surface area (Å²) in [5.41, 5.74) is 0.482. The summed E-state index contributed by atoms with van der Waals surface area (Å²) in [6, 6.07) is 9.15. The first-order chi connectivity index (χ1) is 12.2. The van der Waals surface area contributed by atoms with Gasteiger partial charge < -0.3 is 10.1 Å². The van der Waals surface area contributed by atoms with E-state index in [1.165, 1.54) is 42.5 Å². The quantitative estimate of drug-likeness (QED) is 0.739. The number of alkyl halides is 2. The van der Waals surface area contributed by atoms with E-state index in [2.05, 4.69) is 14.8 Å². The Balaban J connectivity index is 2.11. The van der Waals surface area contributed by atoms with Gasteiger partial charge in [-0.25, -0.2) is 13.1 Å². The van der Waals surface area contributed by atoms with Gasteiger partial charge in [-0.3, -0.25) is 4.79 Å². The van der Waals surface area contributed by atoms with Crippen molar-refractivity contribution >= 4 is 33.2 Å². The molecule has 0 saturated heterocycles. The first-order valence-corrected chi connectivity index (χ1v) is 9.24. The van der Waals surface area contributed by atoms with Crippen LogP contribution in [0.4, 0.5) is 14.5 Å². The van der Waals surface area contributed by atoms with Crippen LogP contribution < -0.4 is 14.8 Å². The average Bonchev–Trinajstić information content (AvgIpc) is 2.57. The van der Waals surface area contributed by atoms with E-state index in [0.717, 1.165) is 0 Å². The van der Waals surface area contributed by atoms with Crippen LogP contribution in [0.3, 0.4) is 0 Å². The van der Waals surface area contributed by atoms with Gasteiger partial charge in [-0.05, 0) is 42.5 Å². The van der Waals surface area contributed by atoms with Crippen LogP contribution in [0.25, 0.3) is 0 Å². The highest BCUT2D eigenvalue weighted by atomic mass is 35.5. The first-order valence-electron chi connectivity index (χ1n) is 7.38. The van der Waals surface area contributed by atoms with Crippen LogP contribution in [0, 0.1) is 0 Å². The van der Waals surface area contributed by atoms with Gasteiger partial charge in [0.25, 0.3) is 5.91 Å². The molecule has 0 saturated carbocycles. The lowest BCUT2D eigenvalue weighted by Gasteiger charge is -2.10. The summed E-state index contributed by atoms with van der Waals surface area (Å²) in [7, 11) is -3.61. The van der Waals surface area contributed by atoms with Crippen LogP contribution in [-0.2, 0) is 10.0 Å². The number of benzene rings is 2. The van der Waals surface area contributed by atoms with E-state index >= 15 is 0 Å². The summed E-state index contributed by atoms with van der Waals surface area (Å²) >= 11 is 5.82. The normalized spacial score (nSPS) is 11.4. The Hall–Kier alpha value is -2.23. The highest BCUT2D eigenvalue weighted by Crippen LogP contribution is 2.29. The number of rotatable bonds is 7. The number of carbonyl (C=O) groups is 1. The van der Waals surface area contributed by atoms with Crippen molar-refractivity contribution in [2.75, 3.05) is 11.9 Å². The lowest BCUT2D eigenvalue weighted by molar-refractivity contribution is -0.0497. The third-order valence-electron chi connectivity index (χ3n) is 3.17. The predicted molar refractivity (Wildman–Crippen MR) is 93.3 cm³/mol. The summed E-state index contributed by atoms with van der Waals surface area (Å²) in [6.07, 6.45) is 0. The Morgan fingerprint density at radius 2 is 1.85 bits per heavy atom. The van der Waals surface area contributed by atoms with Gasteiger partial charge in [0.15, 0.2) is 0 Å². The van der Waals surface area contributed by atoms with E-state index in [4.69, 9.17) is 11.6 Å². The van der Waals surface area contributed by atoms with Crippen molar-refractivity contribution in [2.24, 2.45) is 0 Å². The molecule has 2 aromatic rings. The largest absolute Gasteiger partial charge is 0.433 e. The number of carbonyl (C=O) groups excluding carboxylic acids is 1. The molecule has 0 aromatic heterocycles. The maximum atomic E-state index is 12.2. The molecule has 6 nitrogen and oxygen atoms in total. The van der Waals surface area contributed by atoms with Crippen LogP contribution in [0.2, 0.25) is 5.02 Å². The van der Waals surface area contributed by atoms with Crippen LogP contribution in [0.15, 0.2) is 47.4 Å². The highest BCUT2D eigenvalue weighted by Gasteiger charge is 2.14. The minimum Gasteiger partial charge on any atom is -0.433 e. The molecule has 0 unspecified atom stereocenters. The molecule has 0 aliphatic rings. The summed E-state index contributed by atoms with van der Waals surface area (Å²) in [5.74, 6) is -0.728. The van der Waals surface area contributed by atoms with Crippen molar-refractivity contribution in [3.63, 3.8) is 0 Å². The molecular weight excluding hydrogens is 390 g/mol. The summed E-state index contributed by atoms with van der Waals surface area (Å²) < 4.78 is 54.7. The third kappa shape index (κ3) is 5.13. The minimum absolute atomic E-state index is 0.0347. The monoisotopic (exact) mass is 404 g/mol. The average molecular weight is 405 g/mol. The molecule has 2 aromatic carbocycles. The second-order valence-electron chi connectivity index (χ2n) is 5.00. The molecular formula is C16H15ClF2N2O4S. The van der Waals surface area contributed by atoms with E-state index in [1.54, 1.807) is 6.92 Å². The molecule has 0 aliphatic heterocycles. The topological polar surface area (TPSA) is 84.5 Å². The Kier molecular flexibility index (Phi) is 6.52. The third-order valence-corrected chi connectivity index (χ3v) is 5.02. The van der Waals surface area contributed by atoms with Crippen molar-refractivity contribution in [2.45, 2.75) is 18.4 Å². The molecule has 0 bridgehead atoms. The SMILES string of the molecule is CCNS(=O)(=O)c1ccc(C(=O)Nc2ccc(OC(F)F)c(Cl)c2)cc1. The minimum atomic E-state index is -3.61. The van der Waals surface area contributed by atoms with Gasteiger partial charge in [-0.15, -0.1) is 0 Å². The van der Waals surface area contributed by atoms with Crippen LogP contribution in [0.5, 0.6) is 5.75 Å². The van der Waals surface area contributed by atoms with E-state index in [9.17, 15) is 22.0 Å². The number of anilines is 1. The van der Waals surface area contributed by atoms with Crippen molar-refractivity contribution in [3.05, 3.63) is 53.1 Å². The molecule has 0 radical (unpaired) electrons. The number of amides is 1. The molecule has 140 valence electrons. The molecule has 0 atom stereocenters. The predicted octanol–water partition coefficient (Wildman–Crippen LogP) is 3.49. The maximum absolute atomic E-state index is 12.2. The summed E-state index contributed by atoms with van der Waals surface area (Å²) in [4.78, 5) is 12.2. The molecule has 0 spiro atoms. The zero-order valence-electron chi connectivity index (χ0n) is 13.5. The Morgan fingerprint density at radius 1 is 1.19 bits per heavy atom. The summed E-state index contributed by atoms with van der Waals surface area (Å²) in [6.45, 7) is -1.11. The van der Waals surface area contributed by atoms with Gasteiger partial charge in [-0.2, -0.15) is 8.78 Å². The van der Waals surface area contributed by atoms with Crippen molar-refractivity contribution in [3.8, 4) is 5.75 Å². The van der Waals surface area contributed by atoms with Crippen molar-refractivity contribution in [1.29, 1.82) is 0 Å². The van der Waals surface area contributed by atoms with Gasteiger partial charge in [0.2, 0.25) is 10.0 Å². The van der Waals surface area contributed by atoms with Gasteiger partial charge in [0.05, 0.1) is 9.92 Å². The standard InChI is InChI=1S/C16H15ClF2N2O4S/c1-2-20-26(23,24)12-6-3-10(4-7-12)15(22)21-11-5-8-14(13(17)9-11)25-16(18)19/h3-9,16,20H,2H2,1H3,(H,21,22).